The fourth-order valence-corrected chi connectivity index (χ4v) is 1.87. The topological polar surface area (TPSA) is 42.2 Å². The molecule has 1 aromatic carbocycles. The molecule has 1 N–H and O–H groups in total. The maximum atomic E-state index is 11.9. The van der Waals surface area contributed by atoms with Crippen molar-refractivity contribution in [1.82, 2.24) is 4.57 Å². The van der Waals surface area contributed by atoms with Crippen LogP contribution in [0.4, 0.5) is 0 Å². The molecule has 1 unspecified atom stereocenters. The average Bonchev–Trinajstić information content (AvgIpc) is 2.28. The standard InChI is InChI=1S/C13H15NO2/c1-3-9(2)14-12(15)8-10-6-4-5-7-11(10)13(14)16/h4-9,16H,3H2,1-2H3. The van der Waals surface area contributed by atoms with Crippen LogP contribution >= 0.6 is 0 Å². The van der Waals surface area contributed by atoms with Crippen molar-refractivity contribution in [3.63, 3.8) is 0 Å². The van der Waals surface area contributed by atoms with Gasteiger partial charge in [0, 0.05) is 17.5 Å². The van der Waals surface area contributed by atoms with Crippen molar-refractivity contribution >= 4 is 10.8 Å². The zero-order valence-electron chi connectivity index (χ0n) is 9.47. The summed E-state index contributed by atoms with van der Waals surface area (Å²) in [5.41, 5.74) is -0.148. The van der Waals surface area contributed by atoms with Gasteiger partial charge in [0.2, 0.25) is 5.88 Å². The fourth-order valence-electron chi connectivity index (χ4n) is 1.87. The quantitative estimate of drug-likeness (QED) is 0.840. The number of hydrogen-bond acceptors (Lipinski definition) is 2. The molecule has 0 spiro atoms. The predicted octanol–water partition coefficient (Wildman–Crippen LogP) is 2.68. The van der Waals surface area contributed by atoms with Crippen LogP contribution in [-0.2, 0) is 0 Å². The summed E-state index contributed by atoms with van der Waals surface area (Å²) in [6, 6.07) is 8.95. The summed E-state index contributed by atoms with van der Waals surface area (Å²) in [4.78, 5) is 11.9. The average molecular weight is 217 g/mol. The minimum atomic E-state index is -0.148. The second-order valence-electron chi connectivity index (χ2n) is 4.02. The highest BCUT2D eigenvalue weighted by molar-refractivity contribution is 5.86. The van der Waals surface area contributed by atoms with Gasteiger partial charge in [0.25, 0.3) is 5.56 Å². The molecule has 0 aliphatic rings. The first-order valence-electron chi connectivity index (χ1n) is 5.48. The first-order valence-corrected chi connectivity index (χ1v) is 5.48. The highest BCUT2D eigenvalue weighted by atomic mass is 16.3. The molecule has 1 aromatic heterocycles. The maximum absolute atomic E-state index is 11.9. The SMILES string of the molecule is CCC(C)n1c(O)c2ccccc2cc1=O. The molecule has 0 saturated heterocycles. The lowest BCUT2D eigenvalue weighted by Gasteiger charge is -2.16. The van der Waals surface area contributed by atoms with Crippen LogP contribution in [0.2, 0.25) is 0 Å². The van der Waals surface area contributed by atoms with E-state index in [0.29, 0.717) is 0 Å². The molecule has 2 rings (SSSR count). The van der Waals surface area contributed by atoms with Gasteiger partial charge in [-0.2, -0.15) is 0 Å². The Morgan fingerprint density at radius 1 is 1.38 bits per heavy atom. The van der Waals surface area contributed by atoms with Crippen molar-refractivity contribution in [2.75, 3.05) is 0 Å². The summed E-state index contributed by atoms with van der Waals surface area (Å²) in [6.07, 6.45) is 0.811. The first kappa shape index (κ1) is 10.7. The molecule has 0 radical (unpaired) electrons. The van der Waals surface area contributed by atoms with Crippen LogP contribution in [0.3, 0.4) is 0 Å². The third-order valence-corrected chi connectivity index (χ3v) is 2.98. The lowest BCUT2D eigenvalue weighted by molar-refractivity contribution is 0.380. The molecule has 0 fully saturated rings. The first-order chi connectivity index (χ1) is 7.65. The Morgan fingerprint density at radius 2 is 2.06 bits per heavy atom. The van der Waals surface area contributed by atoms with Crippen LogP contribution < -0.4 is 5.56 Å². The van der Waals surface area contributed by atoms with Gasteiger partial charge in [0.15, 0.2) is 0 Å². The number of aromatic hydroxyl groups is 1. The molecule has 0 aliphatic carbocycles. The Balaban J connectivity index is 2.81. The summed E-state index contributed by atoms with van der Waals surface area (Å²) in [6.45, 7) is 3.92. The molecule has 0 bridgehead atoms. The number of nitrogens with zero attached hydrogens (tertiary/aromatic N) is 1. The summed E-state index contributed by atoms with van der Waals surface area (Å²) >= 11 is 0. The Bertz CT molecular complexity index is 572. The molecule has 84 valence electrons. The third kappa shape index (κ3) is 1.58. The molecular weight excluding hydrogens is 202 g/mol. The van der Waals surface area contributed by atoms with Crippen molar-refractivity contribution in [2.24, 2.45) is 0 Å². The molecule has 3 nitrogen and oxygen atoms in total. The molecule has 0 aliphatic heterocycles. The molecule has 1 atom stereocenters. The molecule has 3 heteroatoms. The Morgan fingerprint density at radius 3 is 2.75 bits per heavy atom. The second-order valence-corrected chi connectivity index (χ2v) is 4.02. The van der Waals surface area contributed by atoms with E-state index >= 15 is 0 Å². The Labute approximate surface area is 94.0 Å². The van der Waals surface area contributed by atoms with E-state index in [1.807, 2.05) is 38.1 Å². The zero-order chi connectivity index (χ0) is 11.7. The zero-order valence-corrected chi connectivity index (χ0v) is 9.47. The normalized spacial score (nSPS) is 12.9. The molecule has 0 saturated carbocycles. The van der Waals surface area contributed by atoms with E-state index in [4.69, 9.17) is 0 Å². The van der Waals surface area contributed by atoms with E-state index in [1.54, 1.807) is 6.07 Å². The van der Waals surface area contributed by atoms with Crippen molar-refractivity contribution in [3.05, 3.63) is 40.7 Å². The monoisotopic (exact) mass is 217 g/mol. The smallest absolute Gasteiger partial charge is 0.254 e. The van der Waals surface area contributed by atoms with Crippen LogP contribution in [0.5, 0.6) is 5.88 Å². The van der Waals surface area contributed by atoms with Crippen molar-refractivity contribution in [1.29, 1.82) is 0 Å². The van der Waals surface area contributed by atoms with E-state index < -0.39 is 0 Å². The summed E-state index contributed by atoms with van der Waals surface area (Å²) < 4.78 is 1.45. The lowest BCUT2D eigenvalue weighted by Crippen LogP contribution is -2.22. The van der Waals surface area contributed by atoms with Crippen molar-refractivity contribution in [2.45, 2.75) is 26.3 Å². The predicted molar refractivity (Wildman–Crippen MR) is 64.9 cm³/mol. The van der Waals surface area contributed by atoms with Crippen LogP contribution in [0.15, 0.2) is 35.1 Å². The summed E-state index contributed by atoms with van der Waals surface area (Å²) in [7, 11) is 0. The van der Waals surface area contributed by atoms with E-state index in [0.717, 1.165) is 17.2 Å². The lowest BCUT2D eigenvalue weighted by atomic mass is 10.1. The maximum Gasteiger partial charge on any atom is 0.254 e. The van der Waals surface area contributed by atoms with Gasteiger partial charge in [-0.15, -0.1) is 0 Å². The Hall–Kier alpha value is -1.77. The van der Waals surface area contributed by atoms with E-state index in [-0.39, 0.29) is 17.5 Å². The molecule has 0 amide bonds. The number of benzene rings is 1. The fraction of sp³-hybridized carbons (Fsp3) is 0.308. The van der Waals surface area contributed by atoms with Crippen LogP contribution in [-0.4, -0.2) is 9.67 Å². The van der Waals surface area contributed by atoms with Gasteiger partial charge >= 0.3 is 0 Å². The van der Waals surface area contributed by atoms with Crippen LogP contribution in [0, 0.1) is 0 Å². The number of aromatic nitrogens is 1. The number of hydrogen-bond donors (Lipinski definition) is 1. The molecule has 2 aromatic rings. The highest BCUT2D eigenvalue weighted by Crippen LogP contribution is 2.25. The molecule has 16 heavy (non-hydrogen) atoms. The number of fused-ring (bicyclic) bond motifs is 1. The van der Waals surface area contributed by atoms with Gasteiger partial charge in [0.05, 0.1) is 0 Å². The third-order valence-electron chi connectivity index (χ3n) is 2.98. The van der Waals surface area contributed by atoms with Gasteiger partial charge in [-0.3, -0.25) is 9.36 Å². The van der Waals surface area contributed by atoms with E-state index in [9.17, 15) is 9.90 Å². The number of pyridine rings is 1. The second kappa shape index (κ2) is 4.00. The highest BCUT2D eigenvalue weighted by Gasteiger charge is 2.12. The molecular formula is C13H15NO2. The van der Waals surface area contributed by atoms with Crippen molar-refractivity contribution < 1.29 is 5.11 Å². The summed E-state index contributed by atoms with van der Waals surface area (Å²) in [5.74, 6) is 0.0671. The minimum absolute atomic E-state index is 0.0112. The largest absolute Gasteiger partial charge is 0.494 e. The van der Waals surface area contributed by atoms with Gasteiger partial charge in [-0.25, -0.2) is 0 Å². The Kier molecular flexibility index (Phi) is 2.69. The van der Waals surface area contributed by atoms with Gasteiger partial charge in [0.1, 0.15) is 0 Å². The van der Waals surface area contributed by atoms with Gasteiger partial charge in [-0.1, -0.05) is 25.1 Å². The minimum Gasteiger partial charge on any atom is -0.494 e. The summed E-state index contributed by atoms with van der Waals surface area (Å²) in [5, 5.41) is 11.6. The van der Waals surface area contributed by atoms with Crippen LogP contribution in [0.25, 0.3) is 10.8 Å². The van der Waals surface area contributed by atoms with Crippen molar-refractivity contribution in [3.8, 4) is 5.88 Å². The van der Waals surface area contributed by atoms with E-state index in [2.05, 4.69) is 0 Å². The molecule has 1 heterocycles. The van der Waals surface area contributed by atoms with Crippen LogP contribution in [0.1, 0.15) is 26.3 Å². The van der Waals surface area contributed by atoms with E-state index in [1.165, 1.54) is 4.57 Å². The number of rotatable bonds is 2. The van der Waals surface area contributed by atoms with Gasteiger partial charge < -0.3 is 5.11 Å². The van der Waals surface area contributed by atoms with Gasteiger partial charge in [-0.05, 0) is 24.8 Å².